The fourth-order valence-electron chi connectivity index (χ4n) is 3.16. The van der Waals surface area contributed by atoms with Gasteiger partial charge in [0.25, 0.3) is 11.6 Å². The van der Waals surface area contributed by atoms with Crippen LogP contribution in [0, 0.1) is 17.0 Å². The quantitative estimate of drug-likeness (QED) is 0.617. The van der Waals surface area contributed by atoms with Crippen LogP contribution in [0.2, 0.25) is 5.02 Å². The summed E-state index contributed by atoms with van der Waals surface area (Å²) in [6.45, 7) is 3.50. The van der Waals surface area contributed by atoms with Crippen molar-refractivity contribution >= 4 is 34.6 Å². The number of hydrogen-bond acceptors (Lipinski definition) is 4. The summed E-state index contributed by atoms with van der Waals surface area (Å²) in [6, 6.07) is 9.73. The number of carbonyl (C=O) groups excluding carboxylic acids is 1. The average molecular weight is 374 g/mol. The Balaban J connectivity index is 1.97. The van der Waals surface area contributed by atoms with Gasteiger partial charge in [0.15, 0.2) is 0 Å². The number of halogens is 1. The third-order valence-corrected chi connectivity index (χ3v) is 5.06. The molecular formula is C19H20ClN3O3. The summed E-state index contributed by atoms with van der Waals surface area (Å²) in [7, 11) is 0. The first kappa shape index (κ1) is 18.2. The molecule has 2 aromatic carbocycles. The van der Waals surface area contributed by atoms with Crippen LogP contribution in [-0.4, -0.2) is 23.9 Å². The first-order valence-electron chi connectivity index (χ1n) is 8.57. The average Bonchev–Trinajstić information content (AvgIpc) is 2.65. The number of rotatable bonds is 4. The van der Waals surface area contributed by atoms with Crippen molar-refractivity contribution in [3.8, 4) is 0 Å². The number of nitrogens with zero attached hydrogens (tertiary/aromatic N) is 2. The van der Waals surface area contributed by atoms with Gasteiger partial charge < -0.3 is 10.2 Å². The second-order valence-electron chi connectivity index (χ2n) is 6.37. The Morgan fingerprint density at radius 2 is 1.92 bits per heavy atom. The molecule has 6 nitrogen and oxygen atoms in total. The second-order valence-corrected chi connectivity index (χ2v) is 6.78. The van der Waals surface area contributed by atoms with Gasteiger partial charge in [-0.3, -0.25) is 14.9 Å². The molecule has 136 valence electrons. The lowest BCUT2D eigenvalue weighted by Crippen LogP contribution is -2.31. The molecular weight excluding hydrogens is 354 g/mol. The highest BCUT2D eigenvalue weighted by Gasteiger charge is 2.22. The number of piperidine rings is 1. The van der Waals surface area contributed by atoms with Crippen LogP contribution in [0.1, 0.15) is 35.2 Å². The number of amides is 1. The fourth-order valence-corrected chi connectivity index (χ4v) is 3.34. The van der Waals surface area contributed by atoms with Gasteiger partial charge in [0.2, 0.25) is 0 Å². The van der Waals surface area contributed by atoms with Crippen molar-refractivity contribution in [2.24, 2.45) is 0 Å². The van der Waals surface area contributed by atoms with Crippen molar-refractivity contribution < 1.29 is 9.72 Å². The zero-order valence-corrected chi connectivity index (χ0v) is 15.3. The van der Waals surface area contributed by atoms with Crippen molar-refractivity contribution in [3.05, 3.63) is 62.7 Å². The molecule has 0 unspecified atom stereocenters. The summed E-state index contributed by atoms with van der Waals surface area (Å²) in [5, 5.41) is 14.6. The molecule has 3 rings (SSSR count). The highest BCUT2D eigenvalue weighted by molar-refractivity contribution is 6.31. The maximum Gasteiger partial charge on any atom is 0.270 e. The third kappa shape index (κ3) is 3.80. The van der Waals surface area contributed by atoms with E-state index in [0.29, 0.717) is 16.3 Å². The third-order valence-electron chi connectivity index (χ3n) is 4.65. The number of nitro groups is 1. The van der Waals surface area contributed by atoms with Crippen LogP contribution in [0.25, 0.3) is 0 Å². The molecule has 1 saturated heterocycles. The topological polar surface area (TPSA) is 75.5 Å². The minimum absolute atomic E-state index is 0.0984. The molecule has 0 atom stereocenters. The summed E-state index contributed by atoms with van der Waals surface area (Å²) < 4.78 is 0. The SMILES string of the molecule is Cc1c(Cl)cccc1NC(=O)c1cc([N+](=O)[O-])ccc1N1CCCCC1. The number of anilines is 2. The van der Waals surface area contributed by atoms with E-state index in [-0.39, 0.29) is 11.6 Å². The van der Waals surface area contributed by atoms with Crippen LogP contribution in [0.5, 0.6) is 0 Å². The van der Waals surface area contributed by atoms with Gasteiger partial charge in [0.05, 0.1) is 16.2 Å². The zero-order valence-electron chi connectivity index (χ0n) is 14.5. The van der Waals surface area contributed by atoms with Crippen molar-refractivity contribution in [2.75, 3.05) is 23.3 Å². The molecule has 1 amide bonds. The summed E-state index contributed by atoms with van der Waals surface area (Å²) in [4.78, 5) is 25.7. The fraction of sp³-hybridized carbons (Fsp3) is 0.316. The predicted octanol–water partition coefficient (Wildman–Crippen LogP) is 4.80. The molecule has 0 bridgehead atoms. The molecule has 7 heteroatoms. The number of non-ortho nitro benzene ring substituents is 1. The van der Waals surface area contributed by atoms with Gasteiger partial charge >= 0.3 is 0 Å². The minimum atomic E-state index is -0.485. The smallest absolute Gasteiger partial charge is 0.270 e. The van der Waals surface area contributed by atoms with E-state index in [9.17, 15) is 14.9 Å². The van der Waals surface area contributed by atoms with Crippen LogP contribution in [0.3, 0.4) is 0 Å². The molecule has 0 spiro atoms. The lowest BCUT2D eigenvalue weighted by Gasteiger charge is -2.30. The number of benzene rings is 2. The molecule has 1 aliphatic rings. The molecule has 1 heterocycles. The maximum atomic E-state index is 12.9. The van der Waals surface area contributed by atoms with Crippen LogP contribution in [0.4, 0.5) is 17.1 Å². The lowest BCUT2D eigenvalue weighted by molar-refractivity contribution is -0.384. The lowest BCUT2D eigenvalue weighted by atomic mass is 10.1. The van der Waals surface area contributed by atoms with E-state index in [1.807, 2.05) is 6.92 Å². The van der Waals surface area contributed by atoms with E-state index in [1.165, 1.54) is 12.1 Å². The molecule has 0 saturated carbocycles. The molecule has 0 aliphatic carbocycles. The van der Waals surface area contributed by atoms with Gasteiger partial charge in [-0.2, -0.15) is 0 Å². The van der Waals surface area contributed by atoms with Crippen LogP contribution < -0.4 is 10.2 Å². The minimum Gasteiger partial charge on any atom is -0.371 e. The molecule has 0 radical (unpaired) electrons. The standard InChI is InChI=1S/C19H20ClN3O3/c1-13-16(20)6-5-7-17(13)21-19(24)15-12-14(23(25)26)8-9-18(15)22-10-3-2-4-11-22/h5-9,12H,2-4,10-11H2,1H3,(H,21,24). The van der Waals surface area contributed by atoms with E-state index in [1.54, 1.807) is 24.3 Å². The highest BCUT2D eigenvalue weighted by Crippen LogP contribution is 2.30. The molecule has 2 aromatic rings. The van der Waals surface area contributed by atoms with Gasteiger partial charge in [-0.25, -0.2) is 0 Å². The van der Waals surface area contributed by atoms with Gasteiger partial charge in [-0.05, 0) is 49.9 Å². The Morgan fingerprint density at radius 3 is 2.62 bits per heavy atom. The Morgan fingerprint density at radius 1 is 1.19 bits per heavy atom. The summed E-state index contributed by atoms with van der Waals surface area (Å²) >= 11 is 6.11. The monoisotopic (exact) mass is 373 g/mol. The molecule has 0 aromatic heterocycles. The van der Waals surface area contributed by atoms with Crippen molar-refractivity contribution in [3.63, 3.8) is 0 Å². The number of carbonyl (C=O) groups is 1. The van der Waals surface area contributed by atoms with Gasteiger partial charge in [-0.1, -0.05) is 17.7 Å². The summed E-state index contributed by atoms with van der Waals surface area (Å²) in [5.74, 6) is -0.375. The first-order chi connectivity index (χ1) is 12.5. The normalized spacial score (nSPS) is 14.2. The van der Waals surface area contributed by atoms with E-state index in [0.717, 1.165) is 43.6 Å². The number of nitro benzene ring substituents is 1. The van der Waals surface area contributed by atoms with E-state index < -0.39 is 4.92 Å². The van der Waals surface area contributed by atoms with E-state index >= 15 is 0 Å². The van der Waals surface area contributed by atoms with Crippen molar-refractivity contribution in [1.29, 1.82) is 0 Å². The maximum absolute atomic E-state index is 12.9. The summed E-state index contributed by atoms with van der Waals surface area (Å²) in [6.07, 6.45) is 3.25. The Hall–Kier alpha value is -2.60. The van der Waals surface area contributed by atoms with E-state index in [4.69, 9.17) is 11.6 Å². The molecule has 1 N–H and O–H groups in total. The Kier molecular flexibility index (Phi) is 5.42. The number of nitrogens with one attached hydrogen (secondary N) is 1. The van der Waals surface area contributed by atoms with Gasteiger partial charge in [0, 0.05) is 35.9 Å². The Labute approximate surface area is 156 Å². The van der Waals surface area contributed by atoms with Crippen LogP contribution in [0.15, 0.2) is 36.4 Å². The zero-order chi connectivity index (χ0) is 18.7. The second kappa shape index (κ2) is 7.74. The largest absolute Gasteiger partial charge is 0.371 e. The first-order valence-corrected chi connectivity index (χ1v) is 8.95. The van der Waals surface area contributed by atoms with Crippen LogP contribution in [-0.2, 0) is 0 Å². The highest BCUT2D eigenvalue weighted by atomic mass is 35.5. The molecule has 1 aliphatic heterocycles. The van der Waals surface area contributed by atoms with Crippen LogP contribution >= 0.6 is 11.6 Å². The van der Waals surface area contributed by atoms with Gasteiger partial charge in [-0.15, -0.1) is 0 Å². The molecule has 1 fully saturated rings. The predicted molar refractivity (Wildman–Crippen MR) is 103 cm³/mol. The van der Waals surface area contributed by atoms with Crippen molar-refractivity contribution in [2.45, 2.75) is 26.2 Å². The van der Waals surface area contributed by atoms with Crippen molar-refractivity contribution in [1.82, 2.24) is 0 Å². The molecule has 26 heavy (non-hydrogen) atoms. The number of hydrogen-bond donors (Lipinski definition) is 1. The van der Waals surface area contributed by atoms with E-state index in [2.05, 4.69) is 10.2 Å². The Bertz CT molecular complexity index is 848. The van der Waals surface area contributed by atoms with Gasteiger partial charge in [0.1, 0.15) is 0 Å². The summed E-state index contributed by atoms with van der Waals surface area (Å²) in [5.41, 5.74) is 2.29.